The quantitative estimate of drug-likeness (QED) is 0.460. The predicted octanol–water partition coefficient (Wildman–Crippen LogP) is 3.03. The molecule has 2 aromatic rings. The summed E-state index contributed by atoms with van der Waals surface area (Å²) in [6.45, 7) is 2.97. The summed E-state index contributed by atoms with van der Waals surface area (Å²) in [7, 11) is 0. The van der Waals surface area contributed by atoms with Gasteiger partial charge in [0, 0.05) is 12.8 Å². The van der Waals surface area contributed by atoms with Crippen LogP contribution in [0.2, 0.25) is 0 Å². The zero-order valence-electron chi connectivity index (χ0n) is 14.2. The van der Waals surface area contributed by atoms with Crippen molar-refractivity contribution in [2.45, 2.75) is 19.8 Å². The predicted molar refractivity (Wildman–Crippen MR) is 88.9 cm³/mol. The van der Waals surface area contributed by atoms with Gasteiger partial charge < -0.3 is 9.47 Å². The highest BCUT2D eigenvalue weighted by molar-refractivity contribution is 5.94. The van der Waals surface area contributed by atoms with Crippen LogP contribution in [0.4, 0.5) is 0 Å². The van der Waals surface area contributed by atoms with Crippen LogP contribution in [0.5, 0.6) is 11.5 Å². The number of benzene rings is 2. The number of carbonyl (C=O) groups is 2. The first kappa shape index (κ1) is 18.9. The van der Waals surface area contributed by atoms with Gasteiger partial charge in [-0.25, -0.2) is 10.0 Å². The van der Waals surface area contributed by atoms with Crippen LogP contribution in [0.25, 0.3) is 0 Å². The molecule has 8 nitrogen and oxygen atoms in total. The zero-order chi connectivity index (χ0) is 19.1. The van der Waals surface area contributed by atoms with Gasteiger partial charge >= 0.3 is 17.0 Å². The Labute approximate surface area is 149 Å². The van der Waals surface area contributed by atoms with Gasteiger partial charge in [-0.05, 0) is 29.8 Å². The number of hydrogen-bond donors (Lipinski definition) is 1. The van der Waals surface area contributed by atoms with Gasteiger partial charge in [0.15, 0.2) is 6.61 Å². The van der Waals surface area contributed by atoms with E-state index in [2.05, 4.69) is 4.84 Å². The van der Waals surface area contributed by atoms with Crippen molar-refractivity contribution in [3.63, 3.8) is 0 Å². The Kier molecular flexibility index (Phi) is 6.26. The number of hydrogen-bond acceptors (Lipinski definition) is 6. The summed E-state index contributed by atoms with van der Waals surface area (Å²) >= 11 is 0. The van der Waals surface area contributed by atoms with Crippen molar-refractivity contribution in [3.8, 4) is 11.5 Å². The summed E-state index contributed by atoms with van der Waals surface area (Å²) in [5.74, 6) is -1.06. The standard InChI is InChI=1S/C18H18NO7/c1-12(11-24-19(22)23)14-6-5-7-15(10-14)26-18(21)16-8-3-4-9-17(16)25-13(2)20/h3-10,12H,11H2,1-2H3,(H,22,23)/q+1. The number of nitrogens with zero attached hydrogens (tertiary/aromatic N) is 1. The van der Waals surface area contributed by atoms with E-state index in [-0.39, 0.29) is 29.6 Å². The van der Waals surface area contributed by atoms with Gasteiger partial charge in [0.1, 0.15) is 22.0 Å². The molecule has 26 heavy (non-hydrogen) atoms. The van der Waals surface area contributed by atoms with Gasteiger partial charge in [0.25, 0.3) is 0 Å². The summed E-state index contributed by atoms with van der Waals surface area (Å²) in [6, 6.07) is 12.9. The minimum Gasteiger partial charge on any atom is -0.426 e. The van der Waals surface area contributed by atoms with E-state index in [1.165, 1.54) is 19.1 Å². The van der Waals surface area contributed by atoms with Crippen LogP contribution in [0, 0.1) is 4.91 Å². The maximum Gasteiger partial charge on any atom is 0.475 e. The summed E-state index contributed by atoms with van der Waals surface area (Å²) in [6.07, 6.45) is 0. The number of para-hydroxylation sites is 1. The average Bonchev–Trinajstić information content (AvgIpc) is 2.59. The number of ether oxygens (including phenoxy) is 2. The molecule has 0 aromatic heterocycles. The molecular formula is C18H18NO7+. The minimum absolute atomic E-state index is 0.0489. The van der Waals surface area contributed by atoms with Crippen molar-refractivity contribution in [2.75, 3.05) is 6.61 Å². The van der Waals surface area contributed by atoms with Crippen LogP contribution in [0.3, 0.4) is 0 Å². The Morgan fingerprint density at radius 3 is 2.54 bits per heavy atom. The van der Waals surface area contributed by atoms with Gasteiger partial charge in [-0.3, -0.25) is 4.79 Å². The van der Waals surface area contributed by atoms with E-state index in [0.29, 0.717) is 0 Å². The third kappa shape index (κ3) is 5.30. The van der Waals surface area contributed by atoms with E-state index >= 15 is 0 Å². The van der Waals surface area contributed by atoms with Crippen molar-refractivity contribution in [1.82, 2.24) is 0 Å². The topological polar surface area (TPSA) is 102 Å². The second-order valence-electron chi connectivity index (χ2n) is 5.49. The third-order valence-electron chi connectivity index (χ3n) is 3.43. The zero-order valence-corrected chi connectivity index (χ0v) is 14.2. The normalized spacial score (nSPS) is 11.3. The molecule has 0 saturated carbocycles. The first-order valence-electron chi connectivity index (χ1n) is 7.75. The van der Waals surface area contributed by atoms with Crippen molar-refractivity contribution in [3.05, 3.63) is 64.6 Å². The fourth-order valence-electron chi connectivity index (χ4n) is 2.20. The van der Waals surface area contributed by atoms with E-state index in [1.54, 1.807) is 43.3 Å². The van der Waals surface area contributed by atoms with Gasteiger partial charge in [-0.1, -0.05) is 31.2 Å². The second-order valence-corrected chi connectivity index (χ2v) is 5.49. The number of esters is 2. The highest BCUT2D eigenvalue weighted by Gasteiger charge is 2.17. The van der Waals surface area contributed by atoms with Crippen LogP contribution in [0.15, 0.2) is 48.5 Å². The van der Waals surface area contributed by atoms with E-state index in [4.69, 9.17) is 14.7 Å². The molecule has 136 valence electrons. The molecule has 2 rings (SSSR count). The van der Waals surface area contributed by atoms with Crippen LogP contribution in [0.1, 0.15) is 35.7 Å². The lowest BCUT2D eigenvalue weighted by Crippen LogP contribution is -2.13. The van der Waals surface area contributed by atoms with Crippen molar-refractivity contribution < 1.29 is 34.2 Å². The van der Waals surface area contributed by atoms with Gasteiger partial charge in [-0.2, -0.15) is 4.84 Å². The molecular weight excluding hydrogens is 342 g/mol. The Bertz CT molecular complexity index is 819. The fraction of sp³-hybridized carbons (Fsp3) is 0.222. The molecule has 0 aliphatic carbocycles. The van der Waals surface area contributed by atoms with Crippen molar-refractivity contribution in [2.24, 2.45) is 0 Å². The molecule has 1 atom stereocenters. The number of rotatable bonds is 7. The first-order chi connectivity index (χ1) is 12.4. The summed E-state index contributed by atoms with van der Waals surface area (Å²) < 4.78 is 10.4. The second kappa shape index (κ2) is 8.61. The molecule has 1 unspecified atom stereocenters. The monoisotopic (exact) mass is 360 g/mol. The summed E-state index contributed by atoms with van der Waals surface area (Å²) in [5.41, 5.74) is 0.859. The Morgan fingerprint density at radius 2 is 1.85 bits per heavy atom. The molecule has 2 aromatic carbocycles. The van der Waals surface area contributed by atoms with Gasteiger partial charge in [0.2, 0.25) is 0 Å². The van der Waals surface area contributed by atoms with Gasteiger partial charge in [0.05, 0.1) is 0 Å². The van der Waals surface area contributed by atoms with Gasteiger partial charge in [-0.15, -0.1) is 0 Å². The molecule has 8 heteroatoms. The maximum absolute atomic E-state index is 12.4. The molecule has 0 bridgehead atoms. The minimum atomic E-state index is -0.677. The average molecular weight is 360 g/mol. The Morgan fingerprint density at radius 1 is 1.12 bits per heavy atom. The lowest BCUT2D eigenvalue weighted by molar-refractivity contribution is -0.976. The van der Waals surface area contributed by atoms with E-state index in [0.717, 1.165) is 5.56 Å². The van der Waals surface area contributed by atoms with Crippen molar-refractivity contribution >= 4 is 11.9 Å². The molecule has 1 N–H and O–H groups in total. The molecule has 0 aliphatic rings. The third-order valence-corrected chi connectivity index (χ3v) is 3.43. The SMILES string of the molecule is CC(=O)Oc1ccccc1C(=O)Oc1cccc(C(C)CO[N+](=O)O)c1. The van der Waals surface area contributed by atoms with Crippen LogP contribution in [-0.4, -0.2) is 28.8 Å². The first-order valence-corrected chi connectivity index (χ1v) is 7.75. The van der Waals surface area contributed by atoms with Crippen LogP contribution >= 0.6 is 0 Å². The highest BCUT2D eigenvalue weighted by atomic mass is 16.9. The van der Waals surface area contributed by atoms with Crippen molar-refractivity contribution in [1.29, 1.82) is 0 Å². The van der Waals surface area contributed by atoms with E-state index in [9.17, 15) is 14.5 Å². The maximum atomic E-state index is 12.4. The molecule has 0 aliphatic heterocycles. The lowest BCUT2D eigenvalue weighted by atomic mass is 10.0. The molecule has 0 heterocycles. The van der Waals surface area contributed by atoms with Crippen LogP contribution < -0.4 is 9.47 Å². The smallest absolute Gasteiger partial charge is 0.426 e. The largest absolute Gasteiger partial charge is 0.475 e. The lowest BCUT2D eigenvalue weighted by Gasteiger charge is -2.11. The van der Waals surface area contributed by atoms with E-state index < -0.39 is 17.0 Å². The van der Waals surface area contributed by atoms with Crippen LogP contribution in [-0.2, 0) is 9.63 Å². The Balaban J connectivity index is 2.14. The molecule has 0 radical (unpaired) electrons. The molecule has 0 amide bonds. The molecule has 0 saturated heterocycles. The van der Waals surface area contributed by atoms with E-state index in [1.807, 2.05) is 0 Å². The molecule has 0 spiro atoms. The summed E-state index contributed by atoms with van der Waals surface area (Å²) in [5, 5.41) is 7.88. The summed E-state index contributed by atoms with van der Waals surface area (Å²) in [4.78, 5) is 38.4. The Hall–Kier alpha value is -3.42. The molecule has 0 fully saturated rings. The number of carbonyl (C=O) groups excluding carboxylic acids is 2. The fourth-order valence-corrected chi connectivity index (χ4v) is 2.20. The highest BCUT2D eigenvalue weighted by Crippen LogP contribution is 2.24.